The highest BCUT2D eigenvalue weighted by Gasteiger charge is 2.21. The highest BCUT2D eigenvalue weighted by atomic mass is 35.5. The number of rotatable bonds is 6. The quantitative estimate of drug-likeness (QED) is 0.592. The van der Waals surface area contributed by atoms with Crippen LogP contribution in [0.15, 0.2) is 28.9 Å². The Morgan fingerprint density at radius 1 is 1.21 bits per heavy atom. The van der Waals surface area contributed by atoms with Crippen LogP contribution in [0.5, 0.6) is 5.75 Å². The number of nitrogens with zero attached hydrogens (tertiary/aromatic N) is 4. The third-order valence-corrected chi connectivity index (χ3v) is 5.42. The minimum atomic E-state index is 0. The topological polar surface area (TPSA) is 56.3 Å². The van der Waals surface area contributed by atoms with Crippen LogP contribution in [0.2, 0.25) is 0 Å². The van der Waals surface area contributed by atoms with Crippen LogP contribution < -0.4 is 4.74 Å². The smallest absolute Gasteiger partial charge is 0.241 e. The molecule has 6 nitrogen and oxygen atoms in total. The number of para-hydroxylation sites is 1. The Balaban J connectivity index is 0.00000225. The van der Waals surface area contributed by atoms with Gasteiger partial charge in [-0.3, -0.25) is 0 Å². The van der Waals surface area contributed by atoms with E-state index < -0.39 is 0 Å². The minimum Gasteiger partial charge on any atom is -0.495 e. The van der Waals surface area contributed by atoms with Crippen molar-refractivity contribution in [3.63, 3.8) is 0 Å². The molecule has 1 aliphatic rings. The van der Waals surface area contributed by atoms with Gasteiger partial charge in [0.05, 0.1) is 19.2 Å². The largest absolute Gasteiger partial charge is 0.495 e. The molecule has 0 unspecified atom stereocenters. The van der Waals surface area contributed by atoms with E-state index in [4.69, 9.17) is 9.26 Å². The molecule has 1 aliphatic carbocycles. The third-order valence-electron chi connectivity index (χ3n) is 5.42. The Labute approximate surface area is 172 Å². The van der Waals surface area contributed by atoms with E-state index in [0.717, 1.165) is 34.7 Å². The zero-order valence-electron chi connectivity index (χ0n) is 16.9. The summed E-state index contributed by atoms with van der Waals surface area (Å²) in [5, 5.41) is 5.35. The van der Waals surface area contributed by atoms with Crippen molar-refractivity contribution in [2.24, 2.45) is 5.92 Å². The summed E-state index contributed by atoms with van der Waals surface area (Å²) in [6.45, 7) is 1.65. The van der Waals surface area contributed by atoms with Crippen LogP contribution in [-0.2, 0) is 13.1 Å². The maximum Gasteiger partial charge on any atom is 0.241 e. The summed E-state index contributed by atoms with van der Waals surface area (Å²) in [5.41, 5.74) is 2.13. The van der Waals surface area contributed by atoms with Gasteiger partial charge in [-0.05, 0) is 38.9 Å². The second-order valence-corrected chi connectivity index (χ2v) is 7.81. The van der Waals surface area contributed by atoms with Gasteiger partial charge in [-0.2, -0.15) is 4.98 Å². The van der Waals surface area contributed by atoms with Crippen LogP contribution in [0.25, 0.3) is 22.3 Å². The molecular weight excluding hydrogens is 376 g/mol. The molecule has 0 aliphatic heterocycles. The minimum absolute atomic E-state index is 0. The van der Waals surface area contributed by atoms with Crippen molar-refractivity contribution in [3.8, 4) is 17.1 Å². The Kier molecular flexibility index (Phi) is 6.62. The molecule has 3 aromatic rings. The van der Waals surface area contributed by atoms with Crippen molar-refractivity contribution in [1.82, 2.24) is 19.6 Å². The summed E-state index contributed by atoms with van der Waals surface area (Å²) in [6, 6.07) is 6.17. The molecule has 4 rings (SSSR count). The lowest BCUT2D eigenvalue weighted by atomic mass is 9.89. The number of halogens is 1. The van der Waals surface area contributed by atoms with Crippen molar-refractivity contribution < 1.29 is 9.26 Å². The van der Waals surface area contributed by atoms with E-state index in [1.54, 1.807) is 7.11 Å². The normalized spacial score (nSPS) is 15.1. The van der Waals surface area contributed by atoms with E-state index in [0.29, 0.717) is 18.3 Å². The fraction of sp³-hybridized carbons (Fsp3) is 0.524. The van der Waals surface area contributed by atoms with E-state index in [2.05, 4.69) is 27.0 Å². The van der Waals surface area contributed by atoms with Crippen molar-refractivity contribution >= 4 is 23.3 Å². The summed E-state index contributed by atoms with van der Waals surface area (Å²) in [4.78, 5) is 6.63. The van der Waals surface area contributed by atoms with Gasteiger partial charge in [0.25, 0.3) is 0 Å². The molecule has 152 valence electrons. The Morgan fingerprint density at radius 3 is 2.71 bits per heavy atom. The molecule has 1 fully saturated rings. The molecule has 1 aromatic carbocycles. The van der Waals surface area contributed by atoms with E-state index in [1.165, 1.54) is 32.1 Å². The van der Waals surface area contributed by atoms with Crippen LogP contribution in [-0.4, -0.2) is 40.8 Å². The van der Waals surface area contributed by atoms with Crippen LogP contribution in [0.1, 0.15) is 38.0 Å². The standard InChI is InChI=1S/C21H28N4O2.ClH/c1-24(2)14-19-22-21(23-27-19)17-13-25(12-15-8-5-4-6-9-15)20-16(17)10-7-11-18(20)26-3;/h7,10-11,13,15H,4-6,8-9,12,14H2,1-3H3;1H. The van der Waals surface area contributed by atoms with Gasteiger partial charge in [0.2, 0.25) is 11.7 Å². The first-order chi connectivity index (χ1) is 13.2. The number of benzene rings is 1. The number of hydrogen-bond donors (Lipinski definition) is 0. The Morgan fingerprint density at radius 2 is 2.00 bits per heavy atom. The second kappa shape index (κ2) is 8.97. The maximum atomic E-state index is 5.67. The lowest BCUT2D eigenvalue weighted by Crippen LogP contribution is -2.13. The first kappa shape index (κ1) is 20.7. The maximum absolute atomic E-state index is 5.67. The van der Waals surface area contributed by atoms with Crippen molar-refractivity contribution in [2.75, 3.05) is 21.2 Å². The van der Waals surface area contributed by atoms with Gasteiger partial charge in [0.1, 0.15) is 5.75 Å². The number of methoxy groups -OCH3 is 1. The van der Waals surface area contributed by atoms with Gasteiger partial charge < -0.3 is 18.7 Å². The predicted octanol–water partition coefficient (Wildman–Crippen LogP) is 4.76. The monoisotopic (exact) mass is 404 g/mol. The predicted molar refractivity (Wildman–Crippen MR) is 113 cm³/mol. The summed E-state index contributed by atoms with van der Waals surface area (Å²) in [6.07, 6.45) is 8.83. The molecule has 7 heteroatoms. The second-order valence-electron chi connectivity index (χ2n) is 7.81. The van der Waals surface area contributed by atoms with Crippen molar-refractivity contribution in [2.45, 2.75) is 45.2 Å². The Hall–Kier alpha value is -2.05. The van der Waals surface area contributed by atoms with E-state index in [9.17, 15) is 0 Å². The molecule has 0 spiro atoms. The average Bonchev–Trinajstić information content (AvgIpc) is 3.27. The first-order valence-electron chi connectivity index (χ1n) is 9.79. The molecule has 2 aromatic heterocycles. The lowest BCUT2D eigenvalue weighted by molar-refractivity contribution is 0.303. The van der Waals surface area contributed by atoms with Crippen LogP contribution in [0.3, 0.4) is 0 Å². The Bertz CT molecular complexity index is 912. The summed E-state index contributed by atoms with van der Waals surface area (Å²) < 4.78 is 13.5. The van der Waals surface area contributed by atoms with Gasteiger partial charge in [-0.15, -0.1) is 12.4 Å². The first-order valence-corrected chi connectivity index (χ1v) is 9.79. The van der Waals surface area contributed by atoms with Gasteiger partial charge in [0.15, 0.2) is 0 Å². The molecule has 2 heterocycles. The molecule has 0 N–H and O–H groups in total. The van der Waals surface area contributed by atoms with Gasteiger partial charge >= 0.3 is 0 Å². The van der Waals surface area contributed by atoms with E-state index >= 15 is 0 Å². The van der Waals surface area contributed by atoms with Gasteiger partial charge in [0, 0.05) is 23.7 Å². The van der Waals surface area contributed by atoms with E-state index in [-0.39, 0.29) is 12.4 Å². The van der Waals surface area contributed by atoms with Crippen LogP contribution in [0.4, 0.5) is 0 Å². The summed E-state index contributed by atoms with van der Waals surface area (Å²) in [7, 11) is 5.71. The van der Waals surface area contributed by atoms with Gasteiger partial charge in [-0.25, -0.2) is 0 Å². The average molecular weight is 405 g/mol. The summed E-state index contributed by atoms with van der Waals surface area (Å²) >= 11 is 0. The highest BCUT2D eigenvalue weighted by Crippen LogP contribution is 2.36. The summed E-state index contributed by atoms with van der Waals surface area (Å²) in [5.74, 6) is 2.90. The molecule has 0 radical (unpaired) electrons. The van der Waals surface area contributed by atoms with Crippen molar-refractivity contribution in [1.29, 1.82) is 0 Å². The van der Waals surface area contributed by atoms with Crippen LogP contribution in [0, 0.1) is 5.92 Å². The zero-order chi connectivity index (χ0) is 18.8. The van der Waals surface area contributed by atoms with E-state index in [1.807, 2.05) is 31.1 Å². The number of aromatic nitrogens is 3. The highest BCUT2D eigenvalue weighted by molar-refractivity contribution is 5.97. The van der Waals surface area contributed by atoms with Crippen molar-refractivity contribution in [3.05, 3.63) is 30.3 Å². The third kappa shape index (κ3) is 4.18. The molecule has 1 saturated carbocycles. The molecule has 28 heavy (non-hydrogen) atoms. The molecule has 0 bridgehead atoms. The lowest BCUT2D eigenvalue weighted by Gasteiger charge is -2.22. The van der Waals surface area contributed by atoms with Gasteiger partial charge in [-0.1, -0.05) is 36.6 Å². The SMILES string of the molecule is COc1cccc2c(-c3noc(CN(C)C)n3)cn(CC3CCCCC3)c12.Cl. The zero-order valence-corrected chi connectivity index (χ0v) is 17.7. The molecule has 0 amide bonds. The number of ether oxygens (including phenoxy) is 1. The number of fused-ring (bicyclic) bond motifs is 1. The molecular formula is C21H29ClN4O2. The number of hydrogen-bond acceptors (Lipinski definition) is 5. The molecule has 0 atom stereocenters. The molecule has 0 saturated heterocycles. The van der Waals surface area contributed by atoms with Crippen LogP contribution >= 0.6 is 12.4 Å². The fourth-order valence-corrected chi connectivity index (χ4v) is 4.16. The fourth-order valence-electron chi connectivity index (χ4n) is 4.16.